The lowest BCUT2D eigenvalue weighted by Gasteiger charge is -2.58. The van der Waals surface area contributed by atoms with Crippen molar-refractivity contribution < 1.29 is 9.47 Å². The first-order valence-electron chi connectivity index (χ1n) is 25.9. The summed E-state index contributed by atoms with van der Waals surface area (Å²) in [5.74, 6) is 6.22. The van der Waals surface area contributed by atoms with Crippen LogP contribution in [-0.4, -0.2) is 25.9 Å². The van der Waals surface area contributed by atoms with Crippen LogP contribution in [0, 0.1) is 52.3 Å². The van der Waals surface area contributed by atoms with E-state index in [1.807, 2.05) is 0 Å². The molecule has 9 atom stereocenters. The van der Waals surface area contributed by atoms with Crippen molar-refractivity contribution in [2.24, 2.45) is 52.3 Å². The van der Waals surface area contributed by atoms with E-state index in [1.54, 1.807) is 5.57 Å². The lowest BCUT2D eigenvalue weighted by molar-refractivity contribution is -0.0641. The molecule has 2 heteroatoms. The second-order valence-corrected chi connectivity index (χ2v) is 21.2. The highest BCUT2D eigenvalue weighted by molar-refractivity contribution is 5.25. The van der Waals surface area contributed by atoms with E-state index in [0.29, 0.717) is 22.9 Å². The Morgan fingerprint density at radius 3 is 2.11 bits per heavy atom. The molecule has 0 N–H and O–H groups in total. The number of allylic oxidation sites excluding steroid dienone is 5. The molecule has 0 aromatic carbocycles. The number of ether oxygens (including phenoxy) is 2. The van der Waals surface area contributed by atoms with E-state index in [1.165, 1.54) is 180 Å². The van der Waals surface area contributed by atoms with Crippen molar-refractivity contribution in [2.75, 3.05) is 19.8 Å². The highest BCUT2D eigenvalue weighted by Gasteiger charge is 2.59. The van der Waals surface area contributed by atoms with Crippen molar-refractivity contribution >= 4 is 0 Å². The smallest absolute Gasteiger partial charge is 0.0612 e. The molecule has 0 bridgehead atoms. The fraction of sp³-hybridized carbons (Fsp3) is 0.891. The van der Waals surface area contributed by atoms with Crippen molar-refractivity contribution in [1.29, 1.82) is 0 Å². The third-order valence-corrected chi connectivity index (χ3v) is 16.5. The minimum Gasteiger partial charge on any atom is -0.381 e. The van der Waals surface area contributed by atoms with E-state index >= 15 is 0 Å². The third kappa shape index (κ3) is 15.8. The van der Waals surface area contributed by atoms with Gasteiger partial charge in [-0.25, -0.2) is 0 Å². The van der Waals surface area contributed by atoms with Crippen molar-refractivity contribution in [3.8, 4) is 0 Å². The first kappa shape index (κ1) is 48.8. The zero-order valence-electron chi connectivity index (χ0n) is 39.4. The van der Waals surface area contributed by atoms with Crippen molar-refractivity contribution in [1.82, 2.24) is 0 Å². The van der Waals surface area contributed by atoms with Crippen LogP contribution in [0.4, 0.5) is 0 Å². The zero-order chi connectivity index (χ0) is 40.8. The Bertz CT molecular complexity index is 1130. The highest BCUT2D eigenvalue weighted by atomic mass is 16.5. The van der Waals surface area contributed by atoms with Gasteiger partial charge in [0.05, 0.1) is 6.10 Å². The lowest BCUT2D eigenvalue weighted by atomic mass is 9.47. The summed E-state index contributed by atoms with van der Waals surface area (Å²) in [4.78, 5) is 0. The molecule has 0 saturated heterocycles. The van der Waals surface area contributed by atoms with Crippen LogP contribution in [0.15, 0.2) is 36.0 Å². The summed E-state index contributed by atoms with van der Waals surface area (Å²) in [7, 11) is 0. The Balaban J connectivity index is 0.996. The van der Waals surface area contributed by atoms with Crippen LogP contribution in [0.3, 0.4) is 0 Å². The fourth-order valence-electron chi connectivity index (χ4n) is 12.8. The normalized spacial score (nSPS) is 29.8. The second-order valence-electron chi connectivity index (χ2n) is 21.2. The van der Waals surface area contributed by atoms with Gasteiger partial charge in [0.15, 0.2) is 0 Å². The minimum absolute atomic E-state index is 0.432. The molecule has 3 fully saturated rings. The molecule has 4 aliphatic carbocycles. The van der Waals surface area contributed by atoms with E-state index < -0.39 is 0 Å². The first-order chi connectivity index (χ1) is 27.7. The van der Waals surface area contributed by atoms with Gasteiger partial charge in [0.2, 0.25) is 0 Å². The summed E-state index contributed by atoms with van der Waals surface area (Å²) in [5.41, 5.74) is 2.81. The topological polar surface area (TPSA) is 18.5 Å². The van der Waals surface area contributed by atoms with Gasteiger partial charge in [0.1, 0.15) is 0 Å². The van der Waals surface area contributed by atoms with Crippen LogP contribution in [0.2, 0.25) is 0 Å². The lowest BCUT2D eigenvalue weighted by Crippen LogP contribution is -2.51. The predicted molar refractivity (Wildman–Crippen MR) is 250 cm³/mol. The molecule has 4 rings (SSSR count). The van der Waals surface area contributed by atoms with E-state index in [4.69, 9.17) is 9.47 Å². The van der Waals surface area contributed by atoms with Gasteiger partial charge in [0, 0.05) is 19.8 Å². The molecular weight excluding hydrogens is 693 g/mol. The average Bonchev–Trinajstić information content (AvgIpc) is 3.56. The molecule has 0 aromatic rings. The number of fused-ring (bicyclic) bond motifs is 5. The van der Waals surface area contributed by atoms with Gasteiger partial charge in [-0.1, -0.05) is 168 Å². The van der Waals surface area contributed by atoms with Crippen molar-refractivity contribution in [3.63, 3.8) is 0 Å². The van der Waals surface area contributed by atoms with Gasteiger partial charge in [-0.15, -0.1) is 0 Å². The summed E-state index contributed by atoms with van der Waals surface area (Å²) >= 11 is 0. The average molecular weight is 791 g/mol. The van der Waals surface area contributed by atoms with Gasteiger partial charge in [-0.3, -0.25) is 0 Å². The van der Waals surface area contributed by atoms with Crippen LogP contribution >= 0.6 is 0 Å². The predicted octanol–water partition coefficient (Wildman–Crippen LogP) is 17.2. The van der Waals surface area contributed by atoms with Crippen molar-refractivity contribution in [2.45, 2.75) is 241 Å². The Kier molecular flexibility index (Phi) is 23.3. The van der Waals surface area contributed by atoms with Crippen LogP contribution in [0.5, 0.6) is 0 Å². The summed E-state index contributed by atoms with van der Waals surface area (Å²) < 4.78 is 12.8. The van der Waals surface area contributed by atoms with E-state index in [9.17, 15) is 0 Å². The third-order valence-electron chi connectivity index (χ3n) is 16.5. The van der Waals surface area contributed by atoms with E-state index in [-0.39, 0.29) is 0 Å². The maximum Gasteiger partial charge on any atom is 0.0612 e. The summed E-state index contributed by atoms with van der Waals surface area (Å²) in [6, 6.07) is 0. The molecular formula is C55H98O2. The van der Waals surface area contributed by atoms with Crippen LogP contribution < -0.4 is 0 Å². The van der Waals surface area contributed by atoms with E-state index in [2.05, 4.69) is 78.8 Å². The molecule has 330 valence electrons. The molecule has 0 aromatic heterocycles. The molecule has 3 saturated carbocycles. The molecule has 6 unspecified atom stereocenters. The Morgan fingerprint density at radius 2 is 1.39 bits per heavy atom. The highest BCUT2D eigenvalue weighted by Crippen LogP contribution is 2.67. The maximum atomic E-state index is 6.63. The number of hydrogen-bond donors (Lipinski definition) is 0. The van der Waals surface area contributed by atoms with Gasteiger partial charge in [-0.2, -0.15) is 0 Å². The molecule has 0 amide bonds. The Morgan fingerprint density at radius 1 is 0.684 bits per heavy atom. The molecule has 0 radical (unpaired) electrons. The van der Waals surface area contributed by atoms with Crippen LogP contribution in [-0.2, 0) is 9.47 Å². The minimum atomic E-state index is 0.432. The molecule has 57 heavy (non-hydrogen) atoms. The molecule has 0 spiro atoms. The maximum absolute atomic E-state index is 6.63. The molecule has 0 aliphatic heterocycles. The van der Waals surface area contributed by atoms with Gasteiger partial charge >= 0.3 is 0 Å². The molecule has 4 aliphatic rings. The molecule has 0 heterocycles. The van der Waals surface area contributed by atoms with Gasteiger partial charge < -0.3 is 9.47 Å². The summed E-state index contributed by atoms with van der Waals surface area (Å²) in [6.07, 6.45) is 51.7. The first-order valence-corrected chi connectivity index (χ1v) is 25.9. The number of unbranched alkanes of at least 4 members (excludes halogenated alkanes) is 12. The largest absolute Gasteiger partial charge is 0.381 e. The van der Waals surface area contributed by atoms with Crippen molar-refractivity contribution in [3.05, 3.63) is 36.0 Å². The van der Waals surface area contributed by atoms with Gasteiger partial charge in [-0.05, 0) is 155 Å². The summed E-state index contributed by atoms with van der Waals surface area (Å²) in [5, 5.41) is 0. The van der Waals surface area contributed by atoms with E-state index in [0.717, 1.165) is 61.7 Å². The van der Waals surface area contributed by atoms with Gasteiger partial charge in [0.25, 0.3) is 0 Å². The van der Waals surface area contributed by atoms with Crippen LogP contribution in [0.1, 0.15) is 235 Å². The SMILES string of the molecule is CCCCCC/C=C\C/C=C\CCCCCCCCCOCC(CC)CCCCO[C@H]1CC[C@@]2(C)C(=CCC3C4CCC(C(C)CCCC(C)C)[C@@]4(C)CCC32)C1. The van der Waals surface area contributed by atoms with Crippen LogP contribution in [0.25, 0.3) is 0 Å². The molecule has 2 nitrogen and oxygen atoms in total. The standard InChI is InChI=1S/C55H98O2/c1-8-10-11-12-13-14-15-16-17-18-19-20-21-22-23-24-25-27-41-56-44-47(9-2)32-26-28-42-57-49-37-39-54(6)48(43-49)33-34-50-52-36-35-51(46(5)31-29-30-45(3)4)55(52,7)40-38-53(50)54/h14-15,17-18,33,45-47,49-53H,8-13,16,19-32,34-44H2,1-7H3/b15-14-,18-17-/t46?,47?,49-,50?,51?,52?,53?,54-,55+/m0/s1. The monoisotopic (exact) mass is 791 g/mol. The Hall–Kier alpha value is -0.860. The zero-order valence-corrected chi connectivity index (χ0v) is 39.4. The fourth-order valence-corrected chi connectivity index (χ4v) is 12.8. The summed E-state index contributed by atoms with van der Waals surface area (Å²) in [6.45, 7) is 20.3. The second kappa shape index (κ2) is 27.2. The quantitative estimate of drug-likeness (QED) is 0.0514. The number of rotatable bonds is 31. The number of hydrogen-bond acceptors (Lipinski definition) is 2. The Labute approximate surface area is 357 Å².